The average Bonchev–Trinajstić information content (AvgIpc) is 3.03. The number of morpholine rings is 2. The highest BCUT2D eigenvalue weighted by Gasteiger charge is 2.27. The Kier molecular flexibility index (Phi) is 11.2. The third-order valence-corrected chi connectivity index (χ3v) is 10.5. The van der Waals surface area contributed by atoms with Crippen LogP contribution < -0.4 is 5.32 Å². The summed E-state index contributed by atoms with van der Waals surface area (Å²) in [6.07, 6.45) is 4.99. The van der Waals surface area contributed by atoms with Crippen molar-refractivity contribution in [1.82, 2.24) is 13.9 Å². The van der Waals surface area contributed by atoms with E-state index < -0.39 is 38.0 Å². The first kappa shape index (κ1) is 32.5. The number of carbonyl (C=O) groups excluding carboxylic acids is 2. The van der Waals surface area contributed by atoms with E-state index in [0.29, 0.717) is 63.7 Å². The van der Waals surface area contributed by atoms with Gasteiger partial charge in [-0.25, -0.2) is 21.6 Å². The Morgan fingerprint density at radius 1 is 0.767 bits per heavy atom. The van der Waals surface area contributed by atoms with Crippen molar-refractivity contribution >= 4 is 44.1 Å². The molecular formula is C29H35N3O9S2. The summed E-state index contributed by atoms with van der Waals surface area (Å²) in [6.45, 7) is 4.41. The molecule has 2 aromatic carbocycles. The normalized spacial score (nSPS) is 18.1. The molecular weight excluding hydrogens is 598 g/mol. The molecule has 2 aliphatic heterocycles. The zero-order chi connectivity index (χ0) is 30.9. The van der Waals surface area contributed by atoms with Crippen molar-refractivity contribution in [2.75, 3.05) is 59.2 Å². The average molecular weight is 634 g/mol. The molecule has 2 fully saturated rings. The van der Waals surface area contributed by atoms with Crippen LogP contribution >= 0.6 is 0 Å². The number of esters is 1. The van der Waals surface area contributed by atoms with Crippen molar-refractivity contribution in [3.05, 3.63) is 71.8 Å². The molecule has 2 aliphatic rings. The summed E-state index contributed by atoms with van der Waals surface area (Å²) in [4.78, 5) is 24.8. The molecule has 0 spiro atoms. The molecule has 232 valence electrons. The number of hydrogen-bond donors (Lipinski definition) is 1. The number of nitrogens with zero attached hydrogens (tertiary/aromatic N) is 2. The molecule has 0 unspecified atom stereocenters. The fraction of sp³-hybridized carbons (Fsp3) is 0.379. The van der Waals surface area contributed by atoms with Crippen LogP contribution in [0.4, 0.5) is 0 Å². The molecule has 0 aliphatic carbocycles. The van der Waals surface area contributed by atoms with Gasteiger partial charge in [0.1, 0.15) is 6.10 Å². The maximum Gasteiger partial charge on any atom is 0.331 e. The van der Waals surface area contributed by atoms with Gasteiger partial charge >= 0.3 is 5.97 Å². The second-order valence-corrected chi connectivity index (χ2v) is 13.7. The number of benzene rings is 2. The van der Waals surface area contributed by atoms with Crippen LogP contribution in [0.1, 0.15) is 18.1 Å². The van der Waals surface area contributed by atoms with Crippen molar-refractivity contribution < 1.29 is 40.6 Å². The summed E-state index contributed by atoms with van der Waals surface area (Å²) >= 11 is 0. The maximum atomic E-state index is 12.7. The lowest BCUT2D eigenvalue weighted by Crippen LogP contribution is -2.40. The monoisotopic (exact) mass is 633 g/mol. The summed E-state index contributed by atoms with van der Waals surface area (Å²) in [5.41, 5.74) is 1.27. The van der Waals surface area contributed by atoms with Gasteiger partial charge in [0.2, 0.25) is 26.0 Å². The predicted molar refractivity (Wildman–Crippen MR) is 159 cm³/mol. The number of carbonyl (C=O) groups is 2. The quantitative estimate of drug-likeness (QED) is 0.287. The second kappa shape index (κ2) is 14.9. The zero-order valence-electron chi connectivity index (χ0n) is 23.8. The minimum absolute atomic E-state index is 0.0770. The molecule has 2 aromatic rings. The number of hydrogen-bond acceptors (Lipinski definition) is 9. The summed E-state index contributed by atoms with van der Waals surface area (Å²) in [5, 5.41) is 2.65. The summed E-state index contributed by atoms with van der Waals surface area (Å²) in [6, 6.07) is 12.4. The Morgan fingerprint density at radius 2 is 1.19 bits per heavy atom. The number of sulfonamides is 2. The van der Waals surface area contributed by atoms with Crippen LogP contribution in [0.2, 0.25) is 0 Å². The largest absolute Gasteiger partial charge is 0.458 e. The van der Waals surface area contributed by atoms with E-state index in [1.165, 1.54) is 51.1 Å². The Hall–Kier alpha value is -3.40. The van der Waals surface area contributed by atoms with Gasteiger partial charge in [0.05, 0.1) is 42.8 Å². The van der Waals surface area contributed by atoms with Crippen LogP contribution in [0.25, 0.3) is 12.2 Å². The minimum Gasteiger partial charge on any atom is -0.458 e. The van der Waals surface area contributed by atoms with E-state index in [2.05, 4.69) is 5.32 Å². The lowest BCUT2D eigenvalue weighted by Gasteiger charge is -2.26. The Labute approximate surface area is 252 Å². The van der Waals surface area contributed by atoms with E-state index in [4.69, 9.17) is 14.2 Å². The van der Waals surface area contributed by atoms with Crippen molar-refractivity contribution in [3.63, 3.8) is 0 Å². The molecule has 43 heavy (non-hydrogen) atoms. The molecule has 0 radical (unpaired) electrons. The van der Waals surface area contributed by atoms with Crippen LogP contribution in [0.3, 0.4) is 0 Å². The van der Waals surface area contributed by atoms with Crippen LogP contribution in [-0.2, 0) is 43.8 Å². The molecule has 1 amide bonds. The standard InChI is InChI=1S/C29H35N3O9S2/c1-23(41-29(34)13-7-25-4-10-27(11-5-25)43(37,38)32-16-20-40-21-17-32)22-30-28(33)12-6-24-2-8-26(9-3-24)42(35,36)31-14-18-39-19-15-31/h2-13,23H,14-22H2,1H3,(H,30,33)/b12-6+,13-7+/t23-/m0/s1. The Morgan fingerprint density at radius 3 is 1.63 bits per heavy atom. The molecule has 14 heteroatoms. The summed E-state index contributed by atoms with van der Waals surface area (Å²) in [7, 11) is -7.19. The maximum absolute atomic E-state index is 12.7. The fourth-order valence-electron chi connectivity index (χ4n) is 4.29. The molecule has 2 heterocycles. The second-order valence-electron chi connectivity index (χ2n) is 9.83. The first-order valence-electron chi connectivity index (χ1n) is 13.8. The highest BCUT2D eigenvalue weighted by atomic mass is 32.2. The highest BCUT2D eigenvalue weighted by Crippen LogP contribution is 2.19. The van der Waals surface area contributed by atoms with Gasteiger partial charge < -0.3 is 19.5 Å². The third-order valence-electron chi connectivity index (χ3n) is 6.70. The lowest BCUT2D eigenvalue weighted by atomic mass is 10.2. The molecule has 4 rings (SSSR count). The molecule has 2 saturated heterocycles. The Balaban J connectivity index is 1.20. The van der Waals surface area contributed by atoms with Crippen molar-refractivity contribution in [2.24, 2.45) is 0 Å². The smallest absolute Gasteiger partial charge is 0.331 e. The van der Waals surface area contributed by atoms with Gasteiger partial charge in [-0.2, -0.15) is 8.61 Å². The number of rotatable bonds is 11. The molecule has 0 saturated carbocycles. The molecule has 12 nitrogen and oxygen atoms in total. The van der Waals surface area contributed by atoms with Gasteiger partial charge in [-0.1, -0.05) is 24.3 Å². The van der Waals surface area contributed by atoms with Crippen LogP contribution in [-0.4, -0.2) is 103 Å². The van der Waals surface area contributed by atoms with E-state index >= 15 is 0 Å². The van der Waals surface area contributed by atoms with Crippen molar-refractivity contribution in [1.29, 1.82) is 0 Å². The molecule has 1 atom stereocenters. The Bertz CT molecular complexity index is 1530. The fourth-order valence-corrected chi connectivity index (χ4v) is 7.11. The first-order chi connectivity index (χ1) is 20.6. The van der Waals surface area contributed by atoms with Crippen LogP contribution in [0.5, 0.6) is 0 Å². The van der Waals surface area contributed by atoms with E-state index in [9.17, 15) is 26.4 Å². The van der Waals surface area contributed by atoms with Crippen molar-refractivity contribution in [3.8, 4) is 0 Å². The molecule has 0 bridgehead atoms. The topological polar surface area (TPSA) is 149 Å². The van der Waals surface area contributed by atoms with Crippen LogP contribution in [0.15, 0.2) is 70.5 Å². The van der Waals surface area contributed by atoms with Gasteiger partial charge in [0.25, 0.3) is 0 Å². The van der Waals surface area contributed by atoms with E-state index in [1.54, 1.807) is 37.3 Å². The zero-order valence-corrected chi connectivity index (χ0v) is 25.4. The van der Waals surface area contributed by atoms with E-state index in [0.717, 1.165) is 0 Å². The molecule has 0 aromatic heterocycles. The first-order valence-corrected chi connectivity index (χ1v) is 16.6. The van der Waals surface area contributed by atoms with Gasteiger partial charge in [0.15, 0.2) is 0 Å². The van der Waals surface area contributed by atoms with Gasteiger partial charge in [-0.3, -0.25) is 4.79 Å². The van der Waals surface area contributed by atoms with Gasteiger partial charge in [-0.05, 0) is 54.5 Å². The van der Waals surface area contributed by atoms with Crippen LogP contribution in [0, 0.1) is 0 Å². The summed E-state index contributed by atoms with van der Waals surface area (Å²) < 4.78 is 69.4. The minimum atomic E-state index is -3.60. The highest BCUT2D eigenvalue weighted by molar-refractivity contribution is 7.89. The third kappa shape index (κ3) is 9.05. The van der Waals surface area contributed by atoms with E-state index in [-0.39, 0.29) is 16.3 Å². The number of amides is 1. The predicted octanol–water partition coefficient (Wildman–Crippen LogP) is 1.50. The lowest BCUT2D eigenvalue weighted by molar-refractivity contribution is -0.142. The van der Waals surface area contributed by atoms with Gasteiger partial charge in [-0.15, -0.1) is 0 Å². The summed E-state index contributed by atoms with van der Waals surface area (Å²) in [5.74, 6) is -1.02. The van der Waals surface area contributed by atoms with Gasteiger partial charge in [0, 0.05) is 38.3 Å². The number of nitrogens with one attached hydrogen (secondary N) is 1. The number of ether oxygens (including phenoxy) is 3. The SMILES string of the molecule is C[C@@H](CNC(=O)/C=C/c1ccc(S(=O)(=O)N2CCOCC2)cc1)OC(=O)/C=C/c1ccc(S(=O)(=O)N2CCOCC2)cc1. The van der Waals surface area contributed by atoms with Crippen molar-refractivity contribution in [2.45, 2.75) is 22.8 Å². The van der Waals surface area contributed by atoms with E-state index in [1.807, 2.05) is 0 Å². The molecule has 1 N–H and O–H groups in total.